The monoisotopic (exact) mass is 244 g/mol. The van der Waals surface area contributed by atoms with Gasteiger partial charge in [0, 0.05) is 19.3 Å². The zero-order chi connectivity index (χ0) is 13.1. The molecule has 0 saturated carbocycles. The Bertz CT molecular complexity index is 535. The molecule has 0 radical (unpaired) electrons. The van der Waals surface area contributed by atoms with Crippen LogP contribution < -0.4 is 10.6 Å². The molecule has 18 heavy (non-hydrogen) atoms. The van der Waals surface area contributed by atoms with E-state index in [1.54, 1.807) is 6.07 Å². The number of halogens is 1. The van der Waals surface area contributed by atoms with Crippen LogP contribution in [-0.2, 0) is 6.54 Å². The molecule has 0 bridgehead atoms. The maximum absolute atomic E-state index is 13.3. The van der Waals surface area contributed by atoms with E-state index < -0.39 is 0 Å². The number of nitrogens with zero attached hydrogens (tertiary/aromatic N) is 1. The smallest absolute Gasteiger partial charge is 0.146 e. The van der Waals surface area contributed by atoms with Crippen molar-refractivity contribution in [3.8, 4) is 0 Å². The number of hydrogen-bond acceptors (Lipinski definition) is 2. The largest absolute Gasteiger partial charge is 0.396 e. The van der Waals surface area contributed by atoms with E-state index >= 15 is 0 Å². The number of rotatable bonds is 3. The predicted octanol–water partition coefficient (Wildman–Crippen LogP) is 3.35. The summed E-state index contributed by atoms with van der Waals surface area (Å²) in [6.45, 7) is 2.71. The SMILES string of the molecule is Cc1ccc(N(C)Cc2ccc(N)c(F)c2)cc1. The number of aryl methyl sites for hydroxylation is 1. The van der Waals surface area contributed by atoms with E-state index in [0.717, 1.165) is 11.3 Å². The normalized spacial score (nSPS) is 10.4. The first-order chi connectivity index (χ1) is 8.56. The molecular weight excluding hydrogens is 227 g/mol. The molecule has 2 N–H and O–H groups in total. The molecule has 0 atom stereocenters. The van der Waals surface area contributed by atoms with Crippen LogP contribution in [0.3, 0.4) is 0 Å². The molecule has 2 aromatic carbocycles. The van der Waals surface area contributed by atoms with Crippen LogP contribution in [0.5, 0.6) is 0 Å². The summed E-state index contributed by atoms with van der Waals surface area (Å²) in [4.78, 5) is 2.07. The van der Waals surface area contributed by atoms with Crippen molar-refractivity contribution in [3.05, 3.63) is 59.4 Å². The third kappa shape index (κ3) is 2.80. The maximum Gasteiger partial charge on any atom is 0.146 e. The average Bonchev–Trinajstić information content (AvgIpc) is 2.34. The van der Waals surface area contributed by atoms with Gasteiger partial charge < -0.3 is 10.6 Å². The Labute approximate surface area is 107 Å². The van der Waals surface area contributed by atoms with E-state index in [1.165, 1.54) is 11.6 Å². The summed E-state index contributed by atoms with van der Waals surface area (Å²) in [5.41, 5.74) is 8.89. The molecule has 3 heteroatoms. The molecule has 0 spiro atoms. The van der Waals surface area contributed by atoms with Crippen molar-refractivity contribution in [2.75, 3.05) is 17.7 Å². The second-order valence-electron chi connectivity index (χ2n) is 4.55. The van der Waals surface area contributed by atoms with Crippen molar-refractivity contribution in [1.82, 2.24) is 0 Å². The van der Waals surface area contributed by atoms with E-state index in [4.69, 9.17) is 5.73 Å². The van der Waals surface area contributed by atoms with Crippen molar-refractivity contribution < 1.29 is 4.39 Å². The first-order valence-corrected chi connectivity index (χ1v) is 5.88. The van der Waals surface area contributed by atoms with Crippen LogP contribution in [0, 0.1) is 12.7 Å². The summed E-state index contributed by atoms with van der Waals surface area (Å²) < 4.78 is 13.3. The topological polar surface area (TPSA) is 29.3 Å². The van der Waals surface area contributed by atoms with Gasteiger partial charge in [0.15, 0.2) is 0 Å². The van der Waals surface area contributed by atoms with Crippen LogP contribution >= 0.6 is 0 Å². The van der Waals surface area contributed by atoms with Gasteiger partial charge in [-0.3, -0.25) is 0 Å². The lowest BCUT2D eigenvalue weighted by Crippen LogP contribution is -2.16. The van der Waals surface area contributed by atoms with Gasteiger partial charge in [0.25, 0.3) is 0 Å². The molecule has 0 aromatic heterocycles. The molecule has 0 heterocycles. The molecule has 0 amide bonds. The van der Waals surface area contributed by atoms with Gasteiger partial charge in [-0.15, -0.1) is 0 Å². The van der Waals surface area contributed by atoms with Crippen LogP contribution in [0.1, 0.15) is 11.1 Å². The van der Waals surface area contributed by atoms with E-state index in [1.807, 2.05) is 13.1 Å². The summed E-state index contributed by atoms with van der Waals surface area (Å²) in [5.74, 6) is -0.357. The third-order valence-corrected chi connectivity index (χ3v) is 2.96. The highest BCUT2D eigenvalue weighted by atomic mass is 19.1. The Morgan fingerprint density at radius 1 is 1.11 bits per heavy atom. The van der Waals surface area contributed by atoms with Crippen molar-refractivity contribution >= 4 is 11.4 Å². The molecule has 0 saturated heterocycles. The van der Waals surface area contributed by atoms with Crippen LogP contribution in [0.15, 0.2) is 42.5 Å². The molecule has 2 aromatic rings. The molecule has 0 unspecified atom stereocenters. The number of nitrogen functional groups attached to an aromatic ring is 1. The van der Waals surface area contributed by atoms with Crippen molar-refractivity contribution in [2.24, 2.45) is 0 Å². The highest BCUT2D eigenvalue weighted by Crippen LogP contribution is 2.18. The van der Waals surface area contributed by atoms with Gasteiger partial charge in [-0.2, -0.15) is 0 Å². The fraction of sp³-hybridized carbons (Fsp3) is 0.200. The van der Waals surface area contributed by atoms with Gasteiger partial charge in [0.05, 0.1) is 5.69 Å². The molecule has 0 aliphatic rings. The second kappa shape index (κ2) is 5.08. The average molecular weight is 244 g/mol. The Morgan fingerprint density at radius 2 is 1.78 bits per heavy atom. The molecule has 2 rings (SSSR count). The molecule has 0 fully saturated rings. The van der Waals surface area contributed by atoms with Crippen molar-refractivity contribution in [2.45, 2.75) is 13.5 Å². The lowest BCUT2D eigenvalue weighted by Gasteiger charge is -2.19. The fourth-order valence-electron chi connectivity index (χ4n) is 1.83. The van der Waals surface area contributed by atoms with Crippen molar-refractivity contribution in [3.63, 3.8) is 0 Å². The van der Waals surface area contributed by atoms with Crippen LogP contribution in [-0.4, -0.2) is 7.05 Å². The first kappa shape index (κ1) is 12.4. The van der Waals surface area contributed by atoms with Gasteiger partial charge in [0.2, 0.25) is 0 Å². The predicted molar refractivity (Wildman–Crippen MR) is 74.1 cm³/mol. The Hall–Kier alpha value is -2.03. The number of nitrogens with two attached hydrogens (primary N) is 1. The van der Waals surface area contributed by atoms with Gasteiger partial charge in [-0.1, -0.05) is 23.8 Å². The molecular formula is C15H17FN2. The lowest BCUT2D eigenvalue weighted by molar-refractivity contribution is 0.630. The van der Waals surface area contributed by atoms with Crippen LogP contribution in [0.25, 0.3) is 0 Å². The first-order valence-electron chi connectivity index (χ1n) is 5.88. The second-order valence-corrected chi connectivity index (χ2v) is 4.55. The van der Waals surface area contributed by atoms with Gasteiger partial charge >= 0.3 is 0 Å². The van der Waals surface area contributed by atoms with Gasteiger partial charge in [0.1, 0.15) is 5.82 Å². The van der Waals surface area contributed by atoms with Crippen molar-refractivity contribution in [1.29, 1.82) is 0 Å². The molecule has 0 aliphatic carbocycles. The highest BCUT2D eigenvalue weighted by Gasteiger charge is 2.04. The summed E-state index contributed by atoms with van der Waals surface area (Å²) in [7, 11) is 1.99. The lowest BCUT2D eigenvalue weighted by atomic mass is 10.1. The van der Waals surface area contributed by atoms with E-state index in [0.29, 0.717) is 6.54 Å². The number of hydrogen-bond donors (Lipinski definition) is 1. The Morgan fingerprint density at radius 3 is 2.39 bits per heavy atom. The zero-order valence-electron chi connectivity index (χ0n) is 10.7. The summed E-state index contributed by atoms with van der Waals surface area (Å²) in [5, 5.41) is 0. The minimum atomic E-state index is -0.357. The minimum absolute atomic E-state index is 0.191. The van der Waals surface area contributed by atoms with Crippen LogP contribution in [0.2, 0.25) is 0 Å². The number of benzene rings is 2. The zero-order valence-corrected chi connectivity index (χ0v) is 10.7. The van der Waals surface area contributed by atoms with Gasteiger partial charge in [-0.05, 0) is 36.8 Å². The fourth-order valence-corrected chi connectivity index (χ4v) is 1.83. The third-order valence-electron chi connectivity index (χ3n) is 2.96. The Balaban J connectivity index is 2.13. The molecule has 94 valence electrons. The van der Waals surface area contributed by atoms with E-state index in [9.17, 15) is 4.39 Å². The maximum atomic E-state index is 13.3. The van der Waals surface area contributed by atoms with Crippen LogP contribution in [0.4, 0.5) is 15.8 Å². The highest BCUT2D eigenvalue weighted by molar-refractivity contribution is 5.48. The van der Waals surface area contributed by atoms with Gasteiger partial charge in [-0.25, -0.2) is 4.39 Å². The Kier molecular flexibility index (Phi) is 3.51. The summed E-state index contributed by atoms with van der Waals surface area (Å²) in [6.07, 6.45) is 0. The minimum Gasteiger partial charge on any atom is -0.396 e. The standard InChI is InChI=1S/C15H17FN2/c1-11-3-6-13(7-4-11)18(2)10-12-5-8-15(17)14(16)9-12/h3-9H,10,17H2,1-2H3. The summed E-state index contributed by atoms with van der Waals surface area (Å²) in [6, 6.07) is 13.2. The van der Waals surface area contributed by atoms with E-state index in [-0.39, 0.29) is 11.5 Å². The number of anilines is 2. The molecule has 2 nitrogen and oxygen atoms in total. The molecule has 0 aliphatic heterocycles. The van der Waals surface area contributed by atoms with E-state index in [2.05, 4.69) is 36.1 Å². The quantitative estimate of drug-likeness (QED) is 0.839. The summed E-state index contributed by atoms with van der Waals surface area (Å²) >= 11 is 0.